The van der Waals surface area contributed by atoms with Gasteiger partial charge < -0.3 is 10.3 Å². The number of nitrogens with zero attached hydrogens (tertiary/aromatic N) is 3. The molecular formula is C16H25N5. The zero-order valence-corrected chi connectivity index (χ0v) is 13.2. The highest BCUT2D eigenvalue weighted by Crippen LogP contribution is 2.28. The number of nitrogens with one attached hydrogen (secondary N) is 2. The molecule has 3 rings (SSSR count). The molecule has 1 atom stereocenters. The number of aryl methyl sites for hydroxylation is 2. The van der Waals surface area contributed by atoms with Crippen molar-refractivity contribution in [1.82, 2.24) is 25.1 Å². The average molecular weight is 287 g/mol. The number of aromatic amines is 1. The van der Waals surface area contributed by atoms with E-state index in [9.17, 15) is 0 Å². The van der Waals surface area contributed by atoms with Crippen molar-refractivity contribution in [2.24, 2.45) is 0 Å². The van der Waals surface area contributed by atoms with E-state index < -0.39 is 0 Å². The quantitative estimate of drug-likeness (QED) is 0.912. The molecule has 5 nitrogen and oxygen atoms in total. The summed E-state index contributed by atoms with van der Waals surface area (Å²) in [5, 5.41) is 8.19. The van der Waals surface area contributed by atoms with Gasteiger partial charge in [0.2, 0.25) is 0 Å². The molecule has 0 saturated carbocycles. The standard InChI is InChI=1S/C16H25N5/c1-4-21-12(3)15(11(2)20-21)14-10-18-16(19-14)13-8-6-5-7-9-17-13/h10,13,17H,4-9H2,1-3H3,(H,18,19). The van der Waals surface area contributed by atoms with E-state index in [-0.39, 0.29) is 0 Å². The Kier molecular flexibility index (Phi) is 4.10. The Balaban J connectivity index is 1.89. The van der Waals surface area contributed by atoms with Crippen LogP contribution in [0.2, 0.25) is 0 Å². The fourth-order valence-corrected chi connectivity index (χ4v) is 3.30. The number of imidazole rings is 1. The van der Waals surface area contributed by atoms with Gasteiger partial charge >= 0.3 is 0 Å². The van der Waals surface area contributed by atoms with Crippen LogP contribution in [0.15, 0.2) is 6.20 Å². The third-order valence-electron chi connectivity index (χ3n) is 4.44. The molecule has 0 bridgehead atoms. The van der Waals surface area contributed by atoms with E-state index in [1.54, 1.807) is 0 Å². The Hall–Kier alpha value is -1.62. The summed E-state index contributed by atoms with van der Waals surface area (Å²) >= 11 is 0. The van der Waals surface area contributed by atoms with Gasteiger partial charge in [-0.05, 0) is 40.2 Å². The zero-order valence-electron chi connectivity index (χ0n) is 13.2. The summed E-state index contributed by atoms with van der Waals surface area (Å²) in [6.07, 6.45) is 6.99. The zero-order chi connectivity index (χ0) is 14.8. The lowest BCUT2D eigenvalue weighted by Crippen LogP contribution is -2.21. The molecule has 5 heteroatoms. The van der Waals surface area contributed by atoms with Gasteiger partial charge in [-0.15, -0.1) is 0 Å². The maximum absolute atomic E-state index is 4.62. The van der Waals surface area contributed by atoms with Crippen LogP contribution in [0, 0.1) is 13.8 Å². The van der Waals surface area contributed by atoms with Crippen molar-refractivity contribution in [2.45, 2.75) is 59.0 Å². The van der Waals surface area contributed by atoms with E-state index in [1.807, 2.05) is 6.20 Å². The summed E-state index contributed by atoms with van der Waals surface area (Å²) in [5.41, 5.74) is 4.56. The van der Waals surface area contributed by atoms with Crippen molar-refractivity contribution >= 4 is 0 Å². The number of H-pyrrole nitrogens is 1. The lowest BCUT2D eigenvalue weighted by molar-refractivity contribution is 0.512. The Labute approximate surface area is 126 Å². The molecule has 1 saturated heterocycles. The van der Waals surface area contributed by atoms with Crippen LogP contribution in [0.3, 0.4) is 0 Å². The van der Waals surface area contributed by atoms with Gasteiger partial charge in [-0.3, -0.25) is 4.68 Å². The number of rotatable bonds is 3. The molecule has 1 unspecified atom stereocenters. The maximum atomic E-state index is 4.62. The first-order valence-electron chi connectivity index (χ1n) is 8.03. The molecule has 0 spiro atoms. The molecule has 21 heavy (non-hydrogen) atoms. The lowest BCUT2D eigenvalue weighted by atomic mass is 10.1. The normalized spacial score (nSPS) is 19.7. The molecule has 2 aromatic rings. The highest BCUT2D eigenvalue weighted by atomic mass is 15.3. The highest BCUT2D eigenvalue weighted by Gasteiger charge is 2.19. The maximum Gasteiger partial charge on any atom is 0.123 e. The predicted octanol–water partition coefficient (Wildman–Crippen LogP) is 3.11. The molecule has 1 fully saturated rings. The molecule has 3 heterocycles. The summed E-state index contributed by atoms with van der Waals surface area (Å²) in [5.74, 6) is 1.06. The molecule has 2 N–H and O–H groups in total. The number of hydrogen-bond donors (Lipinski definition) is 2. The van der Waals surface area contributed by atoms with Crippen LogP contribution in [0.5, 0.6) is 0 Å². The van der Waals surface area contributed by atoms with Gasteiger partial charge in [0.05, 0.1) is 23.6 Å². The number of aromatic nitrogens is 4. The van der Waals surface area contributed by atoms with Crippen molar-refractivity contribution < 1.29 is 0 Å². The topological polar surface area (TPSA) is 58.5 Å². The molecule has 0 aliphatic carbocycles. The van der Waals surface area contributed by atoms with Crippen LogP contribution in [0.4, 0.5) is 0 Å². The van der Waals surface area contributed by atoms with Crippen LogP contribution >= 0.6 is 0 Å². The third kappa shape index (κ3) is 2.75. The SMILES string of the molecule is CCn1nc(C)c(-c2cnc(C3CCCCCN3)[nH]2)c1C. The van der Waals surface area contributed by atoms with E-state index in [0.717, 1.165) is 30.3 Å². The highest BCUT2D eigenvalue weighted by molar-refractivity contribution is 5.64. The summed E-state index contributed by atoms with van der Waals surface area (Å²) in [6, 6.07) is 0.364. The van der Waals surface area contributed by atoms with E-state index in [2.05, 4.69) is 45.8 Å². The van der Waals surface area contributed by atoms with Crippen molar-refractivity contribution in [3.05, 3.63) is 23.4 Å². The van der Waals surface area contributed by atoms with Crippen LogP contribution in [-0.2, 0) is 6.54 Å². The molecule has 0 radical (unpaired) electrons. The van der Waals surface area contributed by atoms with Gasteiger partial charge in [0.25, 0.3) is 0 Å². The van der Waals surface area contributed by atoms with E-state index >= 15 is 0 Å². The van der Waals surface area contributed by atoms with E-state index in [1.165, 1.54) is 36.9 Å². The molecule has 0 aromatic carbocycles. The van der Waals surface area contributed by atoms with Crippen LogP contribution in [0.25, 0.3) is 11.3 Å². The third-order valence-corrected chi connectivity index (χ3v) is 4.44. The van der Waals surface area contributed by atoms with Crippen molar-refractivity contribution in [2.75, 3.05) is 6.54 Å². The lowest BCUT2D eigenvalue weighted by Gasteiger charge is -2.12. The first kappa shape index (κ1) is 14.3. The van der Waals surface area contributed by atoms with E-state index in [4.69, 9.17) is 0 Å². The van der Waals surface area contributed by atoms with Crippen LogP contribution < -0.4 is 5.32 Å². The van der Waals surface area contributed by atoms with Crippen LogP contribution in [-0.4, -0.2) is 26.3 Å². The molecule has 1 aliphatic heterocycles. The smallest absolute Gasteiger partial charge is 0.123 e. The summed E-state index contributed by atoms with van der Waals surface area (Å²) in [4.78, 5) is 8.14. The van der Waals surface area contributed by atoms with Gasteiger partial charge in [0.15, 0.2) is 0 Å². The Morgan fingerprint density at radius 1 is 1.29 bits per heavy atom. The van der Waals surface area contributed by atoms with Gasteiger partial charge in [-0.1, -0.05) is 12.8 Å². The summed E-state index contributed by atoms with van der Waals surface area (Å²) < 4.78 is 2.05. The number of hydrogen-bond acceptors (Lipinski definition) is 3. The van der Waals surface area contributed by atoms with Gasteiger partial charge in [-0.2, -0.15) is 5.10 Å². The Morgan fingerprint density at radius 3 is 2.90 bits per heavy atom. The summed E-state index contributed by atoms with van der Waals surface area (Å²) in [7, 11) is 0. The second-order valence-corrected chi connectivity index (χ2v) is 5.90. The second-order valence-electron chi connectivity index (χ2n) is 5.90. The first-order chi connectivity index (χ1) is 10.2. The molecule has 2 aromatic heterocycles. The predicted molar refractivity (Wildman–Crippen MR) is 84.2 cm³/mol. The van der Waals surface area contributed by atoms with Crippen LogP contribution in [0.1, 0.15) is 55.9 Å². The Morgan fingerprint density at radius 2 is 2.14 bits per heavy atom. The molecular weight excluding hydrogens is 262 g/mol. The minimum atomic E-state index is 0.364. The molecule has 0 amide bonds. The van der Waals surface area contributed by atoms with Gasteiger partial charge in [0.1, 0.15) is 5.82 Å². The fourth-order valence-electron chi connectivity index (χ4n) is 3.30. The largest absolute Gasteiger partial charge is 0.341 e. The minimum Gasteiger partial charge on any atom is -0.341 e. The minimum absolute atomic E-state index is 0.364. The van der Waals surface area contributed by atoms with E-state index in [0.29, 0.717) is 6.04 Å². The monoisotopic (exact) mass is 287 g/mol. The van der Waals surface area contributed by atoms with Crippen molar-refractivity contribution in [1.29, 1.82) is 0 Å². The summed E-state index contributed by atoms with van der Waals surface area (Å²) in [6.45, 7) is 8.31. The van der Waals surface area contributed by atoms with Crippen molar-refractivity contribution in [3.63, 3.8) is 0 Å². The first-order valence-corrected chi connectivity index (χ1v) is 8.03. The average Bonchev–Trinajstić information content (AvgIpc) is 2.93. The fraction of sp³-hybridized carbons (Fsp3) is 0.625. The molecule has 114 valence electrons. The Bertz CT molecular complexity index is 602. The van der Waals surface area contributed by atoms with Gasteiger partial charge in [-0.25, -0.2) is 4.98 Å². The molecule has 1 aliphatic rings. The second kappa shape index (κ2) is 6.02. The van der Waals surface area contributed by atoms with Gasteiger partial charge in [0, 0.05) is 17.8 Å². The van der Waals surface area contributed by atoms with Crippen molar-refractivity contribution in [3.8, 4) is 11.3 Å².